The van der Waals surface area contributed by atoms with Crippen LogP contribution in [0, 0.1) is 5.92 Å². The Bertz CT molecular complexity index is 155. The van der Waals surface area contributed by atoms with Gasteiger partial charge in [-0.3, -0.25) is 4.79 Å². The summed E-state index contributed by atoms with van der Waals surface area (Å²) < 4.78 is 5.30. The van der Waals surface area contributed by atoms with Gasteiger partial charge in [-0.05, 0) is 25.3 Å². The van der Waals surface area contributed by atoms with Gasteiger partial charge in [-0.2, -0.15) is 0 Å². The number of nitrogens with one attached hydrogen (secondary N) is 1. The Hall–Kier alpha value is -0.610. The second-order valence-electron chi connectivity index (χ2n) is 3.18. The molecule has 0 radical (unpaired) electrons. The van der Waals surface area contributed by atoms with Crippen LogP contribution in [0.2, 0.25) is 0 Å². The van der Waals surface area contributed by atoms with E-state index in [4.69, 9.17) is 10.5 Å². The molecule has 0 atom stereocenters. The van der Waals surface area contributed by atoms with E-state index in [2.05, 4.69) is 5.32 Å². The lowest BCUT2D eigenvalue weighted by molar-refractivity contribution is -0.130. The SMILES string of the molecule is CNC(=O)COC1CC(CN)C1. The van der Waals surface area contributed by atoms with E-state index in [1.54, 1.807) is 7.05 Å². The summed E-state index contributed by atoms with van der Waals surface area (Å²) in [6.07, 6.45) is 2.27. The van der Waals surface area contributed by atoms with Crippen molar-refractivity contribution in [3.05, 3.63) is 0 Å². The fourth-order valence-corrected chi connectivity index (χ4v) is 1.27. The van der Waals surface area contributed by atoms with Crippen molar-refractivity contribution >= 4 is 5.91 Å². The predicted octanol–water partition coefficient (Wildman–Crippen LogP) is -0.514. The van der Waals surface area contributed by atoms with Crippen molar-refractivity contribution in [1.29, 1.82) is 0 Å². The summed E-state index contributed by atoms with van der Waals surface area (Å²) in [5.41, 5.74) is 5.44. The highest BCUT2D eigenvalue weighted by Gasteiger charge is 2.28. The highest BCUT2D eigenvalue weighted by molar-refractivity contribution is 5.76. The molecule has 0 aromatic heterocycles. The molecule has 0 unspecified atom stereocenters. The molecule has 70 valence electrons. The summed E-state index contributed by atoms with van der Waals surface area (Å²) >= 11 is 0. The van der Waals surface area contributed by atoms with E-state index in [-0.39, 0.29) is 18.6 Å². The fraction of sp³-hybridized carbons (Fsp3) is 0.875. The lowest BCUT2D eigenvalue weighted by atomic mass is 9.82. The molecule has 1 aliphatic rings. The molecule has 12 heavy (non-hydrogen) atoms. The van der Waals surface area contributed by atoms with Crippen molar-refractivity contribution in [1.82, 2.24) is 5.32 Å². The molecule has 0 aromatic carbocycles. The van der Waals surface area contributed by atoms with Gasteiger partial charge in [-0.1, -0.05) is 0 Å². The van der Waals surface area contributed by atoms with Gasteiger partial charge in [-0.15, -0.1) is 0 Å². The Balaban J connectivity index is 2.00. The molecule has 1 saturated carbocycles. The Morgan fingerprint density at radius 1 is 1.67 bits per heavy atom. The summed E-state index contributed by atoms with van der Waals surface area (Å²) in [4.78, 5) is 10.7. The quantitative estimate of drug-likeness (QED) is 0.600. The van der Waals surface area contributed by atoms with Crippen molar-refractivity contribution in [2.75, 3.05) is 20.2 Å². The van der Waals surface area contributed by atoms with E-state index in [1.807, 2.05) is 0 Å². The van der Waals surface area contributed by atoms with Crippen LogP contribution >= 0.6 is 0 Å². The molecule has 4 heteroatoms. The molecule has 0 heterocycles. The Morgan fingerprint density at radius 3 is 2.83 bits per heavy atom. The smallest absolute Gasteiger partial charge is 0.245 e. The number of ether oxygens (including phenoxy) is 1. The minimum Gasteiger partial charge on any atom is -0.368 e. The van der Waals surface area contributed by atoms with Crippen molar-refractivity contribution in [2.24, 2.45) is 11.7 Å². The Kier molecular flexibility index (Phi) is 3.49. The number of carbonyl (C=O) groups is 1. The van der Waals surface area contributed by atoms with E-state index in [0.717, 1.165) is 19.4 Å². The third-order valence-corrected chi connectivity index (χ3v) is 2.25. The normalized spacial score (nSPS) is 27.8. The number of amides is 1. The molecule has 0 saturated heterocycles. The lowest BCUT2D eigenvalue weighted by Crippen LogP contribution is -2.38. The minimum atomic E-state index is -0.0637. The van der Waals surface area contributed by atoms with Crippen LogP contribution in [0.1, 0.15) is 12.8 Å². The maximum atomic E-state index is 10.7. The summed E-state index contributed by atoms with van der Waals surface area (Å²) in [6, 6.07) is 0. The van der Waals surface area contributed by atoms with Crippen LogP contribution in [0.25, 0.3) is 0 Å². The van der Waals surface area contributed by atoms with Gasteiger partial charge < -0.3 is 15.8 Å². The van der Waals surface area contributed by atoms with Gasteiger partial charge in [0.2, 0.25) is 5.91 Å². The van der Waals surface area contributed by atoms with Gasteiger partial charge >= 0.3 is 0 Å². The fourth-order valence-electron chi connectivity index (χ4n) is 1.27. The molecule has 3 N–H and O–H groups in total. The van der Waals surface area contributed by atoms with E-state index in [9.17, 15) is 4.79 Å². The molecule has 0 aliphatic heterocycles. The van der Waals surface area contributed by atoms with E-state index in [0.29, 0.717) is 5.92 Å². The third kappa shape index (κ3) is 2.46. The molecule has 0 bridgehead atoms. The zero-order valence-corrected chi connectivity index (χ0v) is 7.38. The first kappa shape index (κ1) is 9.48. The first-order valence-electron chi connectivity index (χ1n) is 4.28. The maximum absolute atomic E-state index is 10.7. The van der Waals surface area contributed by atoms with Crippen LogP contribution in [0.3, 0.4) is 0 Å². The maximum Gasteiger partial charge on any atom is 0.245 e. The van der Waals surface area contributed by atoms with Crippen LogP contribution in [0.5, 0.6) is 0 Å². The average molecular weight is 172 g/mol. The van der Waals surface area contributed by atoms with Gasteiger partial charge in [-0.25, -0.2) is 0 Å². The Morgan fingerprint density at radius 2 is 2.33 bits per heavy atom. The van der Waals surface area contributed by atoms with Crippen molar-refractivity contribution < 1.29 is 9.53 Å². The third-order valence-electron chi connectivity index (χ3n) is 2.25. The molecule has 0 spiro atoms. The van der Waals surface area contributed by atoms with Gasteiger partial charge in [0.05, 0.1) is 6.10 Å². The number of carbonyl (C=O) groups excluding carboxylic acids is 1. The Labute approximate surface area is 72.5 Å². The van der Waals surface area contributed by atoms with Crippen LogP contribution in [-0.4, -0.2) is 32.2 Å². The molecular weight excluding hydrogens is 156 g/mol. The molecular formula is C8H16N2O2. The number of hydrogen-bond acceptors (Lipinski definition) is 3. The monoisotopic (exact) mass is 172 g/mol. The van der Waals surface area contributed by atoms with E-state index in [1.165, 1.54) is 0 Å². The molecule has 1 amide bonds. The zero-order valence-electron chi connectivity index (χ0n) is 7.38. The average Bonchev–Trinajstić information content (AvgIpc) is 2.01. The largest absolute Gasteiger partial charge is 0.368 e. The molecule has 4 nitrogen and oxygen atoms in total. The zero-order chi connectivity index (χ0) is 8.97. The topological polar surface area (TPSA) is 64.3 Å². The van der Waals surface area contributed by atoms with Crippen LogP contribution in [0.15, 0.2) is 0 Å². The first-order chi connectivity index (χ1) is 5.76. The van der Waals surface area contributed by atoms with Crippen LogP contribution < -0.4 is 11.1 Å². The minimum absolute atomic E-state index is 0.0637. The molecule has 1 rings (SSSR count). The van der Waals surface area contributed by atoms with E-state index < -0.39 is 0 Å². The van der Waals surface area contributed by atoms with Gasteiger partial charge in [0.25, 0.3) is 0 Å². The summed E-state index contributed by atoms with van der Waals surface area (Å²) in [6.45, 7) is 0.915. The van der Waals surface area contributed by atoms with E-state index >= 15 is 0 Å². The lowest BCUT2D eigenvalue weighted by Gasteiger charge is -2.33. The van der Waals surface area contributed by atoms with Gasteiger partial charge in [0, 0.05) is 7.05 Å². The molecule has 1 aliphatic carbocycles. The summed E-state index contributed by atoms with van der Waals surface area (Å²) in [7, 11) is 1.61. The van der Waals surface area contributed by atoms with Gasteiger partial charge in [0.1, 0.15) is 6.61 Å². The molecule has 0 aromatic rings. The second-order valence-corrected chi connectivity index (χ2v) is 3.18. The number of rotatable bonds is 4. The van der Waals surface area contributed by atoms with Crippen molar-refractivity contribution in [3.63, 3.8) is 0 Å². The number of hydrogen-bond donors (Lipinski definition) is 2. The van der Waals surface area contributed by atoms with Crippen molar-refractivity contribution in [2.45, 2.75) is 18.9 Å². The first-order valence-corrected chi connectivity index (χ1v) is 4.28. The van der Waals surface area contributed by atoms with Crippen molar-refractivity contribution in [3.8, 4) is 0 Å². The van der Waals surface area contributed by atoms with Crippen LogP contribution in [-0.2, 0) is 9.53 Å². The number of nitrogens with two attached hydrogens (primary N) is 1. The highest BCUT2D eigenvalue weighted by Crippen LogP contribution is 2.28. The number of likely N-dealkylation sites (N-methyl/N-ethyl adjacent to an activating group) is 1. The predicted molar refractivity (Wildman–Crippen MR) is 45.6 cm³/mol. The second kappa shape index (κ2) is 4.42. The summed E-state index contributed by atoms with van der Waals surface area (Å²) in [5, 5.41) is 2.51. The summed E-state index contributed by atoms with van der Waals surface area (Å²) in [5.74, 6) is 0.547. The molecule has 1 fully saturated rings. The van der Waals surface area contributed by atoms with Gasteiger partial charge in [0.15, 0.2) is 0 Å². The van der Waals surface area contributed by atoms with Crippen LogP contribution in [0.4, 0.5) is 0 Å². The standard InChI is InChI=1S/C8H16N2O2/c1-10-8(11)5-12-7-2-6(3-7)4-9/h6-7H,2-5,9H2,1H3,(H,10,11). The highest BCUT2D eigenvalue weighted by atomic mass is 16.5.